The summed E-state index contributed by atoms with van der Waals surface area (Å²) >= 11 is 7.18. The number of aryl methyl sites for hydroxylation is 1. The Morgan fingerprint density at radius 2 is 1.86 bits per heavy atom. The Kier molecular flexibility index (Phi) is 5.35. The van der Waals surface area contributed by atoms with Gasteiger partial charge in [-0.1, -0.05) is 41.6 Å². The number of amides is 2. The molecule has 2 amide bonds. The van der Waals surface area contributed by atoms with Crippen LogP contribution in [-0.4, -0.2) is 28.0 Å². The lowest BCUT2D eigenvalue weighted by molar-refractivity contribution is 0.0843. The zero-order chi connectivity index (χ0) is 16.1. The predicted molar refractivity (Wildman–Crippen MR) is 84.9 cm³/mol. The van der Waals surface area contributed by atoms with Crippen molar-refractivity contribution in [2.75, 3.05) is 6.26 Å². The Bertz CT molecular complexity index is 724. The molecule has 0 aliphatic carbocycles. The third kappa shape index (κ3) is 3.75. The number of nitrogens with zero attached hydrogens (tertiary/aromatic N) is 2. The van der Waals surface area contributed by atoms with E-state index < -0.39 is 11.8 Å². The van der Waals surface area contributed by atoms with Crippen molar-refractivity contribution < 1.29 is 9.59 Å². The first-order valence-electron chi connectivity index (χ1n) is 6.25. The van der Waals surface area contributed by atoms with Crippen LogP contribution in [-0.2, 0) is 0 Å². The van der Waals surface area contributed by atoms with Gasteiger partial charge in [0.2, 0.25) is 0 Å². The van der Waals surface area contributed by atoms with Crippen molar-refractivity contribution in [2.45, 2.75) is 12.1 Å². The summed E-state index contributed by atoms with van der Waals surface area (Å²) in [6, 6.07) is 7.05. The number of hydrazine groups is 1. The first kappa shape index (κ1) is 16.3. The van der Waals surface area contributed by atoms with Gasteiger partial charge in [0.25, 0.3) is 11.8 Å². The van der Waals surface area contributed by atoms with Gasteiger partial charge in [0.05, 0.1) is 11.2 Å². The van der Waals surface area contributed by atoms with E-state index in [0.29, 0.717) is 10.7 Å². The summed E-state index contributed by atoms with van der Waals surface area (Å²) in [6.45, 7) is 1.81. The Labute approximate surface area is 136 Å². The van der Waals surface area contributed by atoms with Crippen LogP contribution < -0.4 is 10.9 Å². The van der Waals surface area contributed by atoms with E-state index >= 15 is 0 Å². The third-order valence-corrected chi connectivity index (χ3v) is 3.64. The van der Waals surface area contributed by atoms with E-state index in [0.717, 1.165) is 5.56 Å². The molecule has 2 N–H and O–H groups in total. The SMILES string of the molecule is CSc1ncc(Cl)c(C(=O)NNC(=O)c2ccccc2C)n1. The molecule has 0 saturated carbocycles. The minimum atomic E-state index is -0.607. The van der Waals surface area contributed by atoms with E-state index in [4.69, 9.17) is 11.6 Å². The fraction of sp³-hybridized carbons (Fsp3) is 0.143. The zero-order valence-electron chi connectivity index (χ0n) is 11.9. The van der Waals surface area contributed by atoms with Crippen LogP contribution in [0.25, 0.3) is 0 Å². The summed E-state index contributed by atoms with van der Waals surface area (Å²) in [7, 11) is 0. The Morgan fingerprint density at radius 1 is 1.18 bits per heavy atom. The summed E-state index contributed by atoms with van der Waals surface area (Å²) < 4.78 is 0. The van der Waals surface area contributed by atoms with Crippen molar-refractivity contribution in [3.63, 3.8) is 0 Å². The third-order valence-electron chi connectivity index (χ3n) is 2.80. The van der Waals surface area contributed by atoms with Crippen LogP contribution in [0, 0.1) is 6.92 Å². The fourth-order valence-corrected chi connectivity index (χ4v) is 2.19. The van der Waals surface area contributed by atoms with Crippen LogP contribution >= 0.6 is 23.4 Å². The molecule has 8 heteroatoms. The number of hydrogen-bond acceptors (Lipinski definition) is 5. The van der Waals surface area contributed by atoms with Crippen LogP contribution in [0.3, 0.4) is 0 Å². The van der Waals surface area contributed by atoms with Gasteiger partial charge >= 0.3 is 0 Å². The maximum absolute atomic E-state index is 12.0. The van der Waals surface area contributed by atoms with E-state index in [1.807, 2.05) is 19.1 Å². The number of nitrogens with one attached hydrogen (secondary N) is 2. The molecule has 0 spiro atoms. The van der Waals surface area contributed by atoms with Gasteiger partial charge in [-0.25, -0.2) is 9.97 Å². The second-order valence-electron chi connectivity index (χ2n) is 4.28. The second kappa shape index (κ2) is 7.24. The molecular weight excluding hydrogens is 324 g/mol. The molecule has 0 atom stereocenters. The molecule has 1 aromatic carbocycles. The van der Waals surface area contributed by atoms with Gasteiger partial charge in [0.1, 0.15) is 0 Å². The number of benzene rings is 1. The minimum absolute atomic E-state index is 0.00565. The molecule has 0 aliphatic rings. The van der Waals surface area contributed by atoms with Crippen molar-refractivity contribution in [1.82, 2.24) is 20.8 Å². The molecule has 0 bridgehead atoms. The average molecular weight is 337 g/mol. The maximum atomic E-state index is 12.0. The average Bonchev–Trinajstić information content (AvgIpc) is 2.53. The van der Waals surface area contributed by atoms with Gasteiger partial charge < -0.3 is 0 Å². The molecule has 2 aromatic rings. The number of aromatic nitrogens is 2. The van der Waals surface area contributed by atoms with Crippen molar-refractivity contribution in [2.24, 2.45) is 0 Å². The molecule has 2 rings (SSSR count). The largest absolute Gasteiger partial charge is 0.289 e. The number of rotatable bonds is 3. The molecule has 22 heavy (non-hydrogen) atoms. The summed E-state index contributed by atoms with van der Waals surface area (Å²) in [5.74, 6) is -1.02. The predicted octanol–water partition coefficient (Wildman–Crippen LogP) is 2.24. The normalized spacial score (nSPS) is 10.1. The van der Waals surface area contributed by atoms with E-state index in [1.54, 1.807) is 18.4 Å². The molecule has 0 aliphatic heterocycles. The Morgan fingerprint density at radius 3 is 2.55 bits per heavy atom. The highest BCUT2D eigenvalue weighted by atomic mass is 35.5. The number of hydrogen-bond donors (Lipinski definition) is 2. The monoisotopic (exact) mass is 336 g/mol. The first-order chi connectivity index (χ1) is 10.5. The first-order valence-corrected chi connectivity index (χ1v) is 7.86. The molecule has 1 heterocycles. The Balaban J connectivity index is 2.07. The van der Waals surface area contributed by atoms with Crippen LogP contribution in [0.15, 0.2) is 35.6 Å². The van der Waals surface area contributed by atoms with Crippen LogP contribution in [0.5, 0.6) is 0 Å². The van der Waals surface area contributed by atoms with Crippen molar-refractivity contribution >= 4 is 35.2 Å². The van der Waals surface area contributed by atoms with E-state index in [9.17, 15) is 9.59 Å². The Hall–Kier alpha value is -2.12. The lowest BCUT2D eigenvalue weighted by Crippen LogP contribution is -2.42. The molecule has 0 radical (unpaired) electrons. The quantitative estimate of drug-likeness (QED) is 0.510. The summed E-state index contributed by atoms with van der Waals surface area (Å²) in [4.78, 5) is 32.0. The van der Waals surface area contributed by atoms with Crippen LogP contribution in [0.2, 0.25) is 5.02 Å². The van der Waals surface area contributed by atoms with Gasteiger partial charge in [-0.3, -0.25) is 20.4 Å². The number of thioether (sulfide) groups is 1. The number of carbonyl (C=O) groups excluding carboxylic acids is 2. The lowest BCUT2D eigenvalue weighted by Gasteiger charge is -2.09. The standard InChI is InChI=1S/C14H13ClN4O2S/c1-8-5-3-4-6-9(8)12(20)18-19-13(21)11-10(15)7-16-14(17-11)22-2/h3-7H,1-2H3,(H,18,20)(H,19,21). The maximum Gasteiger partial charge on any atom is 0.289 e. The molecule has 114 valence electrons. The van der Waals surface area contributed by atoms with Crippen LogP contribution in [0.4, 0.5) is 0 Å². The highest BCUT2D eigenvalue weighted by molar-refractivity contribution is 7.98. The van der Waals surface area contributed by atoms with E-state index in [1.165, 1.54) is 18.0 Å². The van der Waals surface area contributed by atoms with Gasteiger partial charge in [-0.05, 0) is 24.8 Å². The molecule has 0 unspecified atom stereocenters. The van der Waals surface area contributed by atoms with Crippen molar-refractivity contribution in [1.29, 1.82) is 0 Å². The van der Waals surface area contributed by atoms with E-state index in [2.05, 4.69) is 20.8 Å². The number of carbonyl (C=O) groups is 2. The van der Waals surface area contributed by atoms with Crippen LogP contribution in [0.1, 0.15) is 26.4 Å². The fourth-order valence-electron chi connectivity index (χ4n) is 1.68. The van der Waals surface area contributed by atoms with E-state index in [-0.39, 0.29) is 10.7 Å². The summed E-state index contributed by atoms with van der Waals surface area (Å²) in [6.07, 6.45) is 3.13. The van der Waals surface area contributed by atoms with Crippen molar-refractivity contribution in [3.8, 4) is 0 Å². The number of halogens is 1. The van der Waals surface area contributed by atoms with Gasteiger partial charge in [0.15, 0.2) is 10.9 Å². The molecular formula is C14H13ClN4O2S. The van der Waals surface area contributed by atoms with Gasteiger partial charge in [-0.2, -0.15) is 0 Å². The molecule has 6 nitrogen and oxygen atoms in total. The molecule has 0 saturated heterocycles. The summed E-state index contributed by atoms with van der Waals surface area (Å²) in [5.41, 5.74) is 5.92. The topological polar surface area (TPSA) is 84.0 Å². The smallest absolute Gasteiger partial charge is 0.267 e. The highest BCUT2D eigenvalue weighted by Gasteiger charge is 2.15. The second-order valence-corrected chi connectivity index (χ2v) is 5.46. The lowest BCUT2D eigenvalue weighted by atomic mass is 10.1. The summed E-state index contributed by atoms with van der Waals surface area (Å²) in [5, 5.41) is 0.528. The highest BCUT2D eigenvalue weighted by Crippen LogP contribution is 2.16. The minimum Gasteiger partial charge on any atom is -0.267 e. The zero-order valence-corrected chi connectivity index (χ0v) is 13.5. The van der Waals surface area contributed by atoms with Gasteiger partial charge in [-0.15, -0.1) is 0 Å². The molecule has 0 fully saturated rings. The van der Waals surface area contributed by atoms with Crippen molar-refractivity contribution in [3.05, 3.63) is 52.3 Å². The van der Waals surface area contributed by atoms with Gasteiger partial charge in [0, 0.05) is 5.56 Å². The molecule has 1 aromatic heterocycles.